The number of aliphatic hydroxyl groups excluding tert-OH is 1. The number of methoxy groups -OCH3 is 2. The van der Waals surface area contributed by atoms with E-state index < -0.39 is 30.2 Å². The molecule has 2 heterocycles. The third-order valence-corrected chi connectivity index (χ3v) is 7.45. The van der Waals surface area contributed by atoms with Crippen LogP contribution in [0.25, 0.3) is 0 Å². The number of rotatable bonds is 8. The number of benzene rings is 2. The van der Waals surface area contributed by atoms with E-state index in [2.05, 4.69) is 0 Å². The van der Waals surface area contributed by atoms with Gasteiger partial charge in [-0.05, 0) is 48.6 Å². The van der Waals surface area contributed by atoms with Gasteiger partial charge >= 0.3 is 12.1 Å². The lowest BCUT2D eigenvalue weighted by atomic mass is 9.76. The molecule has 0 aliphatic carbocycles. The number of carbonyl (C=O) groups is 3. The van der Waals surface area contributed by atoms with E-state index in [4.69, 9.17) is 14.2 Å². The van der Waals surface area contributed by atoms with Crippen LogP contribution in [0.2, 0.25) is 0 Å². The molecular weight excluding hydrogens is 476 g/mol. The van der Waals surface area contributed by atoms with E-state index in [-0.39, 0.29) is 37.4 Å². The van der Waals surface area contributed by atoms with Crippen LogP contribution in [-0.2, 0) is 25.5 Å². The van der Waals surface area contributed by atoms with E-state index in [0.29, 0.717) is 24.3 Å². The second-order valence-corrected chi connectivity index (χ2v) is 9.67. The lowest BCUT2D eigenvalue weighted by molar-refractivity contribution is -0.146. The summed E-state index contributed by atoms with van der Waals surface area (Å²) in [5.74, 6) is -0.638. The van der Waals surface area contributed by atoms with Crippen molar-refractivity contribution in [1.29, 1.82) is 0 Å². The minimum Gasteiger partial charge on any atom is -0.497 e. The maximum absolute atomic E-state index is 13.6. The van der Waals surface area contributed by atoms with Gasteiger partial charge in [0, 0.05) is 30.7 Å². The predicted octanol–water partition coefficient (Wildman–Crippen LogP) is 3.04. The number of cyclic esters (lactones) is 1. The molecule has 0 radical (unpaired) electrons. The number of carbonyl (C=O) groups excluding carboxylic acids is 3. The van der Waals surface area contributed by atoms with E-state index >= 15 is 0 Å². The lowest BCUT2D eigenvalue weighted by Crippen LogP contribution is -2.60. The third-order valence-electron chi connectivity index (χ3n) is 7.45. The summed E-state index contributed by atoms with van der Waals surface area (Å²) in [6, 6.07) is 15.2. The first-order valence-electron chi connectivity index (χ1n) is 12.5. The van der Waals surface area contributed by atoms with Gasteiger partial charge in [0.1, 0.15) is 18.4 Å². The summed E-state index contributed by atoms with van der Waals surface area (Å²) in [6.07, 6.45) is 0.396. The Morgan fingerprint density at radius 3 is 2.38 bits per heavy atom. The van der Waals surface area contributed by atoms with Crippen molar-refractivity contribution in [2.45, 2.75) is 44.3 Å². The highest BCUT2D eigenvalue weighted by Crippen LogP contribution is 2.39. The molecule has 9 nitrogen and oxygen atoms in total. The van der Waals surface area contributed by atoms with Gasteiger partial charge in [-0.2, -0.15) is 0 Å². The Morgan fingerprint density at radius 1 is 1.05 bits per heavy atom. The molecule has 4 rings (SSSR count). The van der Waals surface area contributed by atoms with Crippen LogP contribution in [0.1, 0.15) is 25.3 Å². The van der Waals surface area contributed by atoms with E-state index in [0.717, 1.165) is 5.56 Å². The number of amides is 2. The summed E-state index contributed by atoms with van der Waals surface area (Å²) in [4.78, 5) is 42.3. The molecule has 198 valence electrons. The molecule has 2 fully saturated rings. The van der Waals surface area contributed by atoms with Crippen LogP contribution >= 0.6 is 0 Å². The van der Waals surface area contributed by atoms with Crippen molar-refractivity contribution in [1.82, 2.24) is 4.90 Å². The largest absolute Gasteiger partial charge is 0.497 e. The van der Waals surface area contributed by atoms with Crippen LogP contribution in [-0.4, -0.2) is 73.5 Å². The molecule has 2 aromatic rings. The Kier molecular flexibility index (Phi) is 8.33. The molecule has 2 aliphatic heterocycles. The summed E-state index contributed by atoms with van der Waals surface area (Å²) in [5, 5.41) is 10.2. The summed E-state index contributed by atoms with van der Waals surface area (Å²) in [6.45, 7) is 1.90. The van der Waals surface area contributed by atoms with Gasteiger partial charge in [0.2, 0.25) is 5.91 Å². The van der Waals surface area contributed by atoms with E-state index in [9.17, 15) is 19.5 Å². The highest BCUT2D eigenvalue weighted by molar-refractivity contribution is 5.94. The van der Waals surface area contributed by atoms with Gasteiger partial charge in [0.15, 0.2) is 0 Å². The van der Waals surface area contributed by atoms with Crippen molar-refractivity contribution in [2.24, 2.45) is 11.8 Å². The molecule has 2 aromatic carbocycles. The molecule has 5 atom stereocenters. The monoisotopic (exact) mass is 510 g/mol. The molecule has 0 spiro atoms. The van der Waals surface area contributed by atoms with Crippen molar-refractivity contribution >= 4 is 23.7 Å². The normalized spacial score (nSPS) is 25.5. The predicted molar refractivity (Wildman–Crippen MR) is 136 cm³/mol. The maximum Gasteiger partial charge on any atom is 0.416 e. The molecule has 1 N–H and O–H groups in total. The van der Waals surface area contributed by atoms with Gasteiger partial charge in [-0.25, -0.2) is 14.5 Å². The van der Waals surface area contributed by atoms with Gasteiger partial charge in [-0.15, -0.1) is 0 Å². The molecule has 0 unspecified atom stereocenters. The Labute approximate surface area is 216 Å². The molecule has 2 aliphatic rings. The zero-order valence-electron chi connectivity index (χ0n) is 21.4. The average Bonchev–Trinajstić information content (AvgIpc) is 3.28. The van der Waals surface area contributed by atoms with E-state index in [1.165, 1.54) is 12.0 Å². The number of ether oxygens (including phenoxy) is 3. The van der Waals surface area contributed by atoms with E-state index in [1.54, 1.807) is 19.2 Å². The van der Waals surface area contributed by atoms with Gasteiger partial charge < -0.3 is 24.2 Å². The molecule has 2 saturated heterocycles. The standard InChI is InChI=1S/C28H34N2O7/c1-18-13-21(15-25(32)30-22(17-37-28(30)34)14-19-7-5-4-6-8-19)29(20-9-11-23(35-2)12-10-20)26(24(18)16-31)27(33)36-3/h4-12,18,21-22,24,26,31H,13-17H2,1-3H3/t18-,21+,22-,24-,26-/m0/s1. The zero-order valence-corrected chi connectivity index (χ0v) is 21.4. The summed E-state index contributed by atoms with van der Waals surface area (Å²) < 4.78 is 15.7. The number of anilines is 1. The Balaban J connectivity index is 1.63. The Bertz CT molecular complexity index is 1090. The van der Waals surface area contributed by atoms with Crippen LogP contribution in [0.3, 0.4) is 0 Å². The lowest BCUT2D eigenvalue weighted by Gasteiger charge is -2.48. The van der Waals surface area contributed by atoms with Crippen molar-refractivity contribution < 1.29 is 33.7 Å². The van der Waals surface area contributed by atoms with E-state index in [1.807, 2.05) is 54.3 Å². The van der Waals surface area contributed by atoms with Crippen LogP contribution in [0.4, 0.5) is 10.5 Å². The van der Waals surface area contributed by atoms with Crippen molar-refractivity contribution in [3.8, 4) is 5.75 Å². The fraction of sp³-hybridized carbons (Fsp3) is 0.464. The topological polar surface area (TPSA) is 106 Å². The van der Waals surface area contributed by atoms with Crippen LogP contribution in [0.15, 0.2) is 54.6 Å². The highest BCUT2D eigenvalue weighted by Gasteiger charge is 2.47. The van der Waals surface area contributed by atoms with Crippen molar-refractivity contribution in [3.05, 3.63) is 60.2 Å². The number of hydrogen-bond acceptors (Lipinski definition) is 8. The van der Waals surface area contributed by atoms with Gasteiger partial charge in [0.05, 0.1) is 20.3 Å². The number of aliphatic hydroxyl groups is 1. The van der Waals surface area contributed by atoms with Crippen molar-refractivity contribution in [3.63, 3.8) is 0 Å². The van der Waals surface area contributed by atoms with Gasteiger partial charge in [0.25, 0.3) is 0 Å². The summed E-state index contributed by atoms with van der Waals surface area (Å²) in [5.41, 5.74) is 1.70. The first-order valence-corrected chi connectivity index (χ1v) is 12.5. The molecule has 37 heavy (non-hydrogen) atoms. The SMILES string of the molecule is COC(=O)[C@@H]1[C@@H](CO)[C@@H](C)C[C@H](CC(=O)N2C(=O)OC[C@@H]2Cc2ccccc2)N1c1ccc(OC)cc1. The number of nitrogens with zero attached hydrogens (tertiary/aromatic N) is 2. The quantitative estimate of drug-likeness (QED) is 0.541. The first kappa shape index (κ1) is 26.5. The summed E-state index contributed by atoms with van der Waals surface area (Å²) in [7, 11) is 2.88. The molecule has 0 bridgehead atoms. The highest BCUT2D eigenvalue weighted by atomic mass is 16.6. The molecular formula is C28H34N2O7. The molecule has 2 amide bonds. The fourth-order valence-electron chi connectivity index (χ4n) is 5.56. The number of imide groups is 1. The number of esters is 1. The zero-order chi connectivity index (χ0) is 26.5. The summed E-state index contributed by atoms with van der Waals surface area (Å²) >= 11 is 0. The molecule has 0 saturated carbocycles. The molecule has 9 heteroatoms. The second kappa shape index (κ2) is 11.6. The minimum atomic E-state index is -0.796. The van der Waals surface area contributed by atoms with Crippen LogP contribution in [0, 0.1) is 11.8 Å². The van der Waals surface area contributed by atoms with Gasteiger partial charge in [-0.1, -0.05) is 37.3 Å². The number of hydrogen-bond donors (Lipinski definition) is 1. The van der Waals surface area contributed by atoms with Gasteiger partial charge in [-0.3, -0.25) is 4.79 Å². The Hall–Kier alpha value is -3.59. The smallest absolute Gasteiger partial charge is 0.416 e. The van der Waals surface area contributed by atoms with Crippen LogP contribution < -0.4 is 9.64 Å². The average molecular weight is 511 g/mol. The van der Waals surface area contributed by atoms with Crippen LogP contribution in [0.5, 0.6) is 5.75 Å². The maximum atomic E-state index is 13.6. The fourth-order valence-corrected chi connectivity index (χ4v) is 5.56. The minimum absolute atomic E-state index is 0.00238. The molecule has 0 aromatic heterocycles. The number of piperidine rings is 1. The Morgan fingerprint density at radius 2 is 1.76 bits per heavy atom. The second-order valence-electron chi connectivity index (χ2n) is 9.67. The van der Waals surface area contributed by atoms with Crippen molar-refractivity contribution in [2.75, 3.05) is 32.3 Å². The first-order chi connectivity index (χ1) is 17.9. The third kappa shape index (κ3) is 5.56.